The molecule has 45 heavy (non-hydrogen) atoms. The van der Waals surface area contributed by atoms with E-state index in [1.54, 1.807) is 28.1 Å². The fourth-order valence-electron chi connectivity index (χ4n) is 5.55. The zero-order chi connectivity index (χ0) is 31.6. The van der Waals surface area contributed by atoms with Crippen LogP contribution in [-0.2, 0) is 9.47 Å². The molecule has 4 aromatic rings. The molecule has 0 N–H and O–H groups in total. The van der Waals surface area contributed by atoms with Gasteiger partial charge in [0.2, 0.25) is 0 Å². The Morgan fingerprint density at radius 2 is 1.62 bits per heavy atom. The molecule has 2 aromatic carbocycles. The molecule has 2 amide bonds. The molecule has 2 fully saturated rings. The number of aromatic nitrogens is 1. The molecule has 10 nitrogen and oxygen atoms in total. The van der Waals surface area contributed by atoms with Crippen molar-refractivity contribution in [1.82, 2.24) is 14.8 Å². The van der Waals surface area contributed by atoms with Gasteiger partial charge >= 0.3 is 6.09 Å². The van der Waals surface area contributed by atoms with Crippen LogP contribution in [0.3, 0.4) is 0 Å². The Kier molecular flexibility index (Phi) is 8.46. The van der Waals surface area contributed by atoms with E-state index < -0.39 is 5.60 Å². The van der Waals surface area contributed by atoms with Crippen molar-refractivity contribution >= 4 is 23.1 Å². The molecule has 2 aromatic heterocycles. The van der Waals surface area contributed by atoms with Gasteiger partial charge in [-0.1, -0.05) is 18.2 Å². The Bertz CT molecular complexity index is 1740. The lowest BCUT2D eigenvalue weighted by Crippen LogP contribution is -2.51. The number of furan rings is 1. The minimum Gasteiger partial charge on any atom is -0.489 e. The summed E-state index contributed by atoms with van der Waals surface area (Å²) in [7, 11) is 0. The topological polar surface area (TPSA) is 118 Å². The Hall–Kier alpha value is -4.88. The van der Waals surface area contributed by atoms with Crippen molar-refractivity contribution in [1.29, 1.82) is 5.26 Å². The SMILES string of the molecule is CC(C)(C)OC(=O)N1CCN(C(=O)c2ccc(-c3cc4nccc(-c5ccc(OC6CCOCC6)c(C#N)c5)c4o3)cc2)CC1. The number of nitriles is 1. The van der Waals surface area contributed by atoms with Gasteiger partial charge in [0, 0.05) is 68.0 Å². The molecule has 0 aliphatic carbocycles. The summed E-state index contributed by atoms with van der Waals surface area (Å²) in [6.07, 6.45) is 3.00. The van der Waals surface area contributed by atoms with Gasteiger partial charge < -0.3 is 28.4 Å². The molecule has 0 atom stereocenters. The number of piperazine rings is 1. The number of hydrogen-bond donors (Lipinski definition) is 0. The van der Waals surface area contributed by atoms with Crippen molar-refractivity contribution < 1.29 is 28.2 Å². The van der Waals surface area contributed by atoms with E-state index in [9.17, 15) is 14.9 Å². The predicted molar refractivity (Wildman–Crippen MR) is 168 cm³/mol. The fourth-order valence-corrected chi connectivity index (χ4v) is 5.55. The fraction of sp³-hybridized carbons (Fsp3) is 0.371. The largest absolute Gasteiger partial charge is 0.489 e. The number of carbonyl (C=O) groups excluding carboxylic acids is 2. The highest BCUT2D eigenvalue weighted by Gasteiger charge is 2.28. The molecule has 2 saturated heterocycles. The average Bonchev–Trinajstić information content (AvgIpc) is 3.49. The van der Waals surface area contributed by atoms with E-state index >= 15 is 0 Å². The first-order chi connectivity index (χ1) is 21.7. The summed E-state index contributed by atoms with van der Waals surface area (Å²) in [6, 6.07) is 18.9. The predicted octanol–water partition coefficient (Wildman–Crippen LogP) is 6.28. The molecule has 4 heterocycles. The number of nitrogens with zero attached hydrogens (tertiary/aromatic N) is 4. The van der Waals surface area contributed by atoms with Crippen molar-refractivity contribution in [2.24, 2.45) is 0 Å². The van der Waals surface area contributed by atoms with Crippen molar-refractivity contribution in [2.75, 3.05) is 39.4 Å². The molecule has 0 spiro atoms. The number of amides is 2. The summed E-state index contributed by atoms with van der Waals surface area (Å²) >= 11 is 0. The second-order valence-electron chi connectivity index (χ2n) is 12.3. The Labute approximate surface area is 262 Å². The summed E-state index contributed by atoms with van der Waals surface area (Å²) < 4.78 is 23.3. The molecule has 0 unspecified atom stereocenters. The third kappa shape index (κ3) is 6.79. The standard InChI is InChI=1S/C35H36N4O6/c1-35(2,3)45-34(41)39-16-14-38(15-17-39)33(40)24-6-4-23(5-7-24)31-21-29-32(44-31)28(10-13-37-29)25-8-9-30(26(20-25)22-36)43-27-11-18-42-19-12-27/h4-10,13,20-21,27H,11-12,14-19H2,1-3H3. The van der Waals surface area contributed by atoms with Crippen LogP contribution in [0, 0.1) is 11.3 Å². The molecule has 10 heteroatoms. The smallest absolute Gasteiger partial charge is 0.410 e. The van der Waals surface area contributed by atoms with Crippen LogP contribution in [0.25, 0.3) is 33.6 Å². The first-order valence-corrected chi connectivity index (χ1v) is 15.2. The van der Waals surface area contributed by atoms with Crippen LogP contribution in [-0.4, -0.2) is 77.9 Å². The van der Waals surface area contributed by atoms with Gasteiger partial charge in [-0.2, -0.15) is 5.26 Å². The lowest BCUT2D eigenvalue weighted by Gasteiger charge is -2.35. The number of fused-ring (bicyclic) bond motifs is 1. The van der Waals surface area contributed by atoms with E-state index in [1.807, 2.05) is 63.2 Å². The van der Waals surface area contributed by atoms with E-state index in [-0.39, 0.29) is 18.1 Å². The third-order valence-electron chi connectivity index (χ3n) is 7.92. The Balaban J connectivity index is 1.16. The molecular formula is C35H36N4O6. The molecular weight excluding hydrogens is 572 g/mol. The van der Waals surface area contributed by atoms with Gasteiger partial charge in [0.15, 0.2) is 5.58 Å². The summed E-state index contributed by atoms with van der Waals surface area (Å²) in [5, 5.41) is 9.86. The summed E-state index contributed by atoms with van der Waals surface area (Å²) in [6.45, 7) is 8.56. The van der Waals surface area contributed by atoms with Gasteiger partial charge in [0.1, 0.15) is 34.8 Å². The lowest BCUT2D eigenvalue weighted by molar-refractivity contribution is 0.0141. The van der Waals surface area contributed by atoms with E-state index in [0.717, 1.165) is 29.5 Å². The van der Waals surface area contributed by atoms with E-state index in [1.165, 1.54) is 0 Å². The van der Waals surface area contributed by atoms with Crippen LogP contribution in [0.1, 0.15) is 49.5 Å². The lowest BCUT2D eigenvalue weighted by atomic mass is 10.0. The summed E-state index contributed by atoms with van der Waals surface area (Å²) in [4.78, 5) is 33.5. The van der Waals surface area contributed by atoms with Gasteiger partial charge in [-0.25, -0.2) is 4.79 Å². The summed E-state index contributed by atoms with van der Waals surface area (Å²) in [5.41, 5.74) is 4.21. The maximum absolute atomic E-state index is 13.2. The highest BCUT2D eigenvalue weighted by Crippen LogP contribution is 2.36. The quantitative estimate of drug-likeness (QED) is 0.260. The first-order valence-electron chi connectivity index (χ1n) is 15.2. The number of ether oxygens (including phenoxy) is 3. The van der Waals surface area contributed by atoms with Crippen LogP contribution >= 0.6 is 0 Å². The van der Waals surface area contributed by atoms with Crippen LogP contribution in [0.15, 0.2) is 65.2 Å². The molecule has 0 bridgehead atoms. The number of benzene rings is 2. The van der Waals surface area contributed by atoms with E-state index in [0.29, 0.717) is 73.1 Å². The van der Waals surface area contributed by atoms with Crippen molar-refractivity contribution in [3.05, 3.63) is 71.9 Å². The number of hydrogen-bond acceptors (Lipinski definition) is 8. The van der Waals surface area contributed by atoms with Gasteiger partial charge in [0.25, 0.3) is 5.91 Å². The van der Waals surface area contributed by atoms with Crippen LogP contribution in [0.5, 0.6) is 5.75 Å². The van der Waals surface area contributed by atoms with Gasteiger partial charge in [-0.3, -0.25) is 9.78 Å². The van der Waals surface area contributed by atoms with Gasteiger partial charge in [-0.15, -0.1) is 0 Å². The monoisotopic (exact) mass is 608 g/mol. The highest BCUT2D eigenvalue weighted by molar-refractivity contribution is 5.95. The van der Waals surface area contributed by atoms with Crippen molar-refractivity contribution in [3.8, 4) is 34.3 Å². The maximum Gasteiger partial charge on any atom is 0.410 e. The summed E-state index contributed by atoms with van der Waals surface area (Å²) in [5.74, 6) is 1.10. The van der Waals surface area contributed by atoms with Crippen molar-refractivity contribution in [3.63, 3.8) is 0 Å². The number of rotatable bonds is 5. The minimum absolute atomic E-state index is 0.0352. The Morgan fingerprint density at radius 1 is 0.933 bits per heavy atom. The van der Waals surface area contributed by atoms with Crippen LogP contribution in [0.2, 0.25) is 0 Å². The van der Waals surface area contributed by atoms with E-state index in [4.69, 9.17) is 18.6 Å². The first kappa shape index (κ1) is 30.2. The van der Waals surface area contributed by atoms with Gasteiger partial charge in [-0.05, 0) is 56.7 Å². The molecule has 232 valence electrons. The average molecular weight is 609 g/mol. The van der Waals surface area contributed by atoms with Crippen molar-refractivity contribution in [2.45, 2.75) is 45.3 Å². The minimum atomic E-state index is -0.560. The molecule has 2 aliphatic heterocycles. The molecule has 0 radical (unpaired) electrons. The maximum atomic E-state index is 13.2. The number of carbonyl (C=O) groups is 2. The molecule has 6 rings (SSSR count). The Morgan fingerprint density at radius 3 is 2.31 bits per heavy atom. The van der Waals surface area contributed by atoms with Gasteiger partial charge in [0.05, 0.1) is 18.8 Å². The van der Waals surface area contributed by atoms with Crippen LogP contribution < -0.4 is 4.74 Å². The van der Waals surface area contributed by atoms with Crippen LogP contribution in [0.4, 0.5) is 4.79 Å². The molecule has 0 saturated carbocycles. The zero-order valence-electron chi connectivity index (χ0n) is 25.7. The second kappa shape index (κ2) is 12.6. The zero-order valence-corrected chi connectivity index (χ0v) is 25.7. The van der Waals surface area contributed by atoms with E-state index in [2.05, 4.69) is 11.1 Å². The molecule has 2 aliphatic rings. The third-order valence-corrected chi connectivity index (χ3v) is 7.92. The highest BCUT2D eigenvalue weighted by atomic mass is 16.6. The second-order valence-corrected chi connectivity index (χ2v) is 12.3. The number of pyridine rings is 1. The normalized spacial score (nSPS) is 16.0.